The Balaban J connectivity index is 1.95. The molecular formula is C13H24N2O. The molecule has 92 valence electrons. The standard InChI is InChI=1S/C13H24N2O/c1-15(10-6-5-7-10)13(16)11-8-3-2-4-9-12(11)14/h10-12H,2-9,14H2,1H3. The highest BCUT2D eigenvalue weighted by molar-refractivity contribution is 5.79. The molecule has 16 heavy (non-hydrogen) atoms. The molecule has 0 saturated heterocycles. The van der Waals surface area contributed by atoms with E-state index in [1.54, 1.807) is 0 Å². The average molecular weight is 224 g/mol. The van der Waals surface area contributed by atoms with E-state index in [-0.39, 0.29) is 12.0 Å². The maximum Gasteiger partial charge on any atom is 0.227 e. The lowest BCUT2D eigenvalue weighted by atomic mass is 9.88. The van der Waals surface area contributed by atoms with Gasteiger partial charge in [0.25, 0.3) is 0 Å². The summed E-state index contributed by atoms with van der Waals surface area (Å²) >= 11 is 0. The predicted octanol–water partition coefficient (Wildman–Crippen LogP) is 1.90. The lowest BCUT2D eigenvalue weighted by molar-refractivity contribution is -0.138. The quantitative estimate of drug-likeness (QED) is 0.728. The number of hydrogen-bond acceptors (Lipinski definition) is 2. The predicted molar refractivity (Wildman–Crippen MR) is 65.0 cm³/mol. The van der Waals surface area contributed by atoms with Crippen molar-refractivity contribution in [3.05, 3.63) is 0 Å². The SMILES string of the molecule is CN(C(=O)C1CCCCCC1N)C1CCC1. The molecule has 2 atom stereocenters. The van der Waals surface area contributed by atoms with Gasteiger partial charge in [0.15, 0.2) is 0 Å². The first kappa shape index (κ1) is 11.9. The molecule has 3 heteroatoms. The van der Waals surface area contributed by atoms with E-state index in [2.05, 4.69) is 0 Å². The van der Waals surface area contributed by atoms with Crippen LogP contribution in [0.15, 0.2) is 0 Å². The number of nitrogens with zero attached hydrogens (tertiary/aromatic N) is 1. The van der Waals surface area contributed by atoms with Gasteiger partial charge in [0, 0.05) is 19.1 Å². The second-order valence-corrected chi connectivity index (χ2v) is 5.44. The van der Waals surface area contributed by atoms with Crippen molar-refractivity contribution in [1.29, 1.82) is 0 Å². The fourth-order valence-corrected chi connectivity index (χ4v) is 2.86. The normalized spacial score (nSPS) is 31.6. The van der Waals surface area contributed by atoms with Crippen LogP contribution < -0.4 is 5.73 Å². The number of hydrogen-bond donors (Lipinski definition) is 1. The molecule has 0 spiro atoms. The fraction of sp³-hybridized carbons (Fsp3) is 0.923. The molecule has 2 rings (SSSR count). The van der Waals surface area contributed by atoms with Crippen LogP contribution in [0.1, 0.15) is 51.4 Å². The Morgan fingerprint density at radius 2 is 1.75 bits per heavy atom. The zero-order chi connectivity index (χ0) is 11.5. The Hall–Kier alpha value is -0.570. The van der Waals surface area contributed by atoms with Gasteiger partial charge in [-0.3, -0.25) is 4.79 Å². The monoisotopic (exact) mass is 224 g/mol. The van der Waals surface area contributed by atoms with Gasteiger partial charge in [-0.1, -0.05) is 19.3 Å². The Kier molecular flexibility index (Phi) is 3.85. The Morgan fingerprint density at radius 1 is 1.06 bits per heavy atom. The van der Waals surface area contributed by atoms with Crippen LogP contribution in [0, 0.1) is 5.92 Å². The van der Waals surface area contributed by atoms with E-state index in [1.807, 2.05) is 11.9 Å². The van der Waals surface area contributed by atoms with Gasteiger partial charge in [-0.25, -0.2) is 0 Å². The molecule has 2 aliphatic rings. The van der Waals surface area contributed by atoms with Crippen LogP contribution >= 0.6 is 0 Å². The summed E-state index contributed by atoms with van der Waals surface area (Å²) in [6.07, 6.45) is 9.27. The van der Waals surface area contributed by atoms with Crippen LogP contribution in [0.5, 0.6) is 0 Å². The van der Waals surface area contributed by atoms with Crippen LogP contribution in [0.2, 0.25) is 0 Å². The third kappa shape index (κ3) is 2.40. The number of carbonyl (C=O) groups is 1. The minimum Gasteiger partial charge on any atom is -0.342 e. The molecule has 0 aromatic rings. The molecule has 0 aromatic heterocycles. The first-order chi connectivity index (χ1) is 7.70. The highest BCUT2D eigenvalue weighted by Gasteiger charge is 2.33. The first-order valence-electron chi connectivity index (χ1n) is 6.72. The summed E-state index contributed by atoms with van der Waals surface area (Å²) < 4.78 is 0. The van der Waals surface area contributed by atoms with Crippen LogP contribution in [0.3, 0.4) is 0 Å². The van der Waals surface area contributed by atoms with Crippen molar-refractivity contribution in [1.82, 2.24) is 4.90 Å². The van der Waals surface area contributed by atoms with E-state index in [0.717, 1.165) is 12.8 Å². The molecule has 0 bridgehead atoms. The third-order valence-corrected chi connectivity index (χ3v) is 4.36. The van der Waals surface area contributed by atoms with E-state index in [9.17, 15) is 4.79 Å². The van der Waals surface area contributed by atoms with Crippen molar-refractivity contribution >= 4 is 5.91 Å². The van der Waals surface area contributed by atoms with E-state index in [0.29, 0.717) is 11.9 Å². The van der Waals surface area contributed by atoms with Gasteiger partial charge in [0.2, 0.25) is 5.91 Å². The number of nitrogens with two attached hydrogens (primary N) is 1. The molecule has 2 saturated carbocycles. The molecule has 0 aromatic carbocycles. The number of amides is 1. The van der Waals surface area contributed by atoms with Crippen LogP contribution in [0.4, 0.5) is 0 Å². The molecule has 0 aliphatic heterocycles. The maximum absolute atomic E-state index is 12.3. The largest absolute Gasteiger partial charge is 0.342 e. The van der Waals surface area contributed by atoms with Gasteiger partial charge in [-0.05, 0) is 32.1 Å². The van der Waals surface area contributed by atoms with E-state index < -0.39 is 0 Å². The van der Waals surface area contributed by atoms with Crippen LogP contribution in [0.25, 0.3) is 0 Å². The van der Waals surface area contributed by atoms with Crippen molar-refractivity contribution in [2.24, 2.45) is 11.7 Å². The summed E-state index contributed by atoms with van der Waals surface area (Å²) in [5.74, 6) is 0.396. The Labute approximate surface area is 98.4 Å². The zero-order valence-corrected chi connectivity index (χ0v) is 10.3. The number of carbonyl (C=O) groups excluding carboxylic acids is 1. The number of rotatable bonds is 2. The average Bonchev–Trinajstić information content (AvgIpc) is 2.39. The van der Waals surface area contributed by atoms with Gasteiger partial charge in [0.05, 0.1) is 5.92 Å². The van der Waals surface area contributed by atoms with E-state index >= 15 is 0 Å². The molecule has 2 fully saturated rings. The first-order valence-corrected chi connectivity index (χ1v) is 6.72. The second kappa shape index (κ2) is 5.17. The lowest BCUT2D eigenvalue weighted by Gasteiger charge is -2.37. The van der Waals surface area contributed by atoms with Crippen molar-refractivity contribution < 1.29 is 4.79 Å². The molecule has 2 aliphatic carbocycles. The minimum absolute atomic E-state index is 0.0908. The summed E-state index contributed by atoms with van der Waals surface area (Å²) in [4.78, 5) is 14.3. The Bertz CT molecular complexity index is 250. The van der Waals surface area contributed by atoms with Gasteiger partial charge >= 0.3 is 0 Å². The Morgan fingerprint density at radius 3 is 2.38 bits per heavy atom. The van der Waals surface area contributed by atoms with Gasteiger partial charge in [-0.15, -0.1) is 0 Å². The van der Waals surface area contributed by atoms with Crippen molar-refractivity contribution in [3.8, 4) is 0 Å². The van der Waals surface area contributed by atoms with Crippen LogP contribution in [-0.2, 0) is 4.79 Å². The molecule has 2 N–H and O–H groups in total. The highest BCUT2D eigenvalue weighted by Crippen LogP contribution is 2.28. The van der Waals surface area contributed by atoms with E-state index in [1.165, 1.54) is 38.5 Å². The molecule has 0 radical (unpaired) electrons. The minimum atomic E-state index is 0.0908. The topological polar surface area (TPSA) is 46.3 Å². The van der Waals surface area contributed by atoms with Crippen molar-refractivity contribution in [2.75, 3.05) is 7.05 Å². The van der Waals surface area contributed by atoms with Crippen LogP contribution in [-0.4, -0.2) is 29.9 Å². The lowest BCUT2D eigenvalue weighted by Crippen LogP contribution is -2.48. The molecule has 1 amide bonds. The van der Waals surface area contributed by atoms with Crippen molar-refractivity contribution in [2.45, 2.75) is 63.5 Å². The zero-order valence-electron chi connectivity index (χ0n) is 10.3. The summed E-state index contributed by atoms with van der Waals surface area (Å²) in [6.45, 7) is 0. The van der Waals surface area contributed by atoms with Gasteiger partial charge in [0.1, 0.15) is 0 Å². The second-order valence-electron chi connectivity index (χ2n) is 5.44. The van der Waals surface area contributed by atoms with E-state index in [4.69, 9.17) is 5.73 Å². The van der Waals surface area contributed by atoms with Gasteiger partial charge in [-0.2, -0.15) is 0 Å². The summed E-state index contributed by atoms with van der Waals surface area (Å²) in [5, 5.41) is 0. The summed E-state index contributed by atoms with van der Waals surface area (Å²) in [5.41, 5.74) is 6.13. The summed E-state index contributed by atoms with van der Waals surface area (Å²) in [7, 11) is 1.96. The molecular weight excluding hydrogens is 200 g/mol. The third-order valence-electron chi connectivity index (χ3n) is 4.36. The molecule has 0 heterocycles. The molecule has 3 nitrogen and oxygen atoms in total. The van der Waals surface area contributed by atoms with Gasteiger partial charge < -0.3 is 10.6 Å². The fourth-order valence-electron chi connectivity index (χ4n) is 2.86. The smallest absolute Gasteiger partial charge is 0.227 e. The summed E-state index contributed by atoms with van der Waals surface area (Å²) in [6, 6.07) is 0.598. The van der Waals surface area contributed by atoms with Crippen molar-refractivity contribution in [3.63, 3.8) is 0 Å². The maximum atomic E-state index is 12.3. The highest BCUT2D eigenvalue weighted by atomic mass is 16.2. The molecule has 2 unspecified atom stereocenters.